The Morgan fingerprint density at radius 3 is 2.76 bits per heavy atom. The van der Waals surface area contributed by atoms with Gasteiger partial charge in [0.15, 0.2) is 0 Å². The standard InChI is InChI=1S/C16H24N4S/c1-5-8-17-16-18-10-11(2)15(20-16)19-12(3)9-14-7-6-13(4)21-14/h6-7,10,12H,5,8-9H2,1-4H3,(H2,17,18,19,20). The molecule has 1 unspecified atom stereocenters. The van der Waals surface area contributed by atoms with Gasteiger partial charge in [-0.15, -0.1) is 11.3 Å². The van der Waals surface area contributed by atoms with Gasteiger partial charge in [0.05, 0.1) is 0 Å². The fourth-order valence-electron chi connectivity index (χ4n) is 2.09. The Morgan fingerprint density at radius 1 is 1.29 bits per heavy atom. The van der Waals surface area contributed by atoms with Crippen LogP contribution in [0, 0.1) is 13.8 Å². The van der Waals surface area contributed by atoms with Crippen molar-refractivity contribution in [2.24, 2.45) is 0 Å². The van der Waals surface area contributed by atoms with Crippen molar-refractivity contribution < 1.29 is 0 Å². The molecule has 0 saturated carbocycles. The lowest BCUT2D eigenvalue weighted by atomic mass is 10.2. The monoisotopic (exact) mass is 304 g/mol. The van der Waals surface area contributed by atoms with Gasteiger partial charge in [0.1, 0.15) is 5.82 Å². The summed E-state index contributed by atoms with van der Waals surface area (Å²) in [7, 11) is 0. The first-order valence-corrected chi connectivity index (χ1v) is 8.29. The quantitative estimate of drug-likeness (QED) is 0.811. The van der Waals surface area contributed by atoms with E-state index in [1.807, 2.05) is 24.5 Å². The summed E-state index contributed by atoms with van der Waals surface area (Å²) in [6, 6.07) is 4.73. The molecule has 2 aromatic rings. The van der Waals surface area contributed by atoms with Crippen LogP contribution in [0.15, 0.2) is 18.3 Å². The number of nitrogens with one attached hydrogen (secondary N) is 2. The molecule has 1 atom stereocenters. The van der Waals surface area contributed by atoms with Crippen LogP contribution in [-0.2, 0) is 6.42 Å². The number of anilines is 2. The Hall–Kier alpha value is -1.62. The third kappa shape index (κ3) is 4.70. The Bertz CT molecular complexity index is 579. The second-order valence-electron chi connectivity index (χ2n) is 5.41. The van der Waals surface area contributed by atoms with E-state index in [0.29, 0.717) is 12.0 Å². The largest absolute Gasteiger partial charge is 0.367 e. The summed E-state index contributed by atoms with van der Waals surface area (Å²) >= 11 is 1.86. The van der Waals surface area contributed by atoms with Gasteiger partial charge in [0, 0.05) is 40.5 Å². The molecule has 2 heterocycles. The summed E-state index contributed by atoms with van der Waals surface area (Å²) in [6.45, 7) is 9.40. The number of rotatable bonds is 7. The molecule has 2 N–H and O–H groups in total. The van der Waals surface area contributed by atoms with Gasteiger partial charge in [-0.1, -0.05) is 6.92 Å². The third-order valence-corrected chi connectivity index (χ3v) is 4.21. The molecule has 0 spiro atoms. The Morgan fingerprint density at radius 2 is 2.10 bits per heavy atom. The van der Waals surface area contributed by atoms with E-state index in [-0.39, 0.29) is 0 Å². The maximum absolute atomic E-state index is 4.57. The van der Waals surface area contributed by atoms with E-state index in [4.69, 9.17) is 0 Å². The smallest absolute Gasteiger partial charge is 0.224 e. The number of nitrogens with zero attached hydrogens (tertiary/aromatic N) is 2. The van der Waals surface area contributed by atoms with E-state index in [2.05, 4.69) is 53.5 Å². The Kier molecular flexibility index (Phi) is 5.56. The molecule has 0 bridgehead atoms. The van der Waals surface area contributed by atoms with E-state index >= 15 is 0 Å². The molecule has 0 aromatic carbocycles. The van der Waals surface area contributed by atoms with Crippen LogP contribution in [0.25, 0.3) is 0 Å². The first-order chi connectivity index (χ1) is 10.1. The maximum Gasteiger partial charge on any atom is 0.224 e. The van der Waals surface area contributed by atoms with E-state index in [9.17, 15) is 0 Å². The van der Waals surface area contributed by atoms with Crippen molar-refractivity contribution in [2.45, 2.75) is 46.6 Å². The second-order valence-corrected chi connectivity index (χ2v) is 6.79. The van der Waals surface area contributed by atoms with Gasteiger partial charge in [0.25, 0.3) is 0 Å². The van der Waals surface area contributed by atoms with Crippen LogP contribution >= 0.6 is 11.3 Å². The van der Waals surface area contributed by atoms with E-state index < -0.39 is 0 Å². The molecule has 0 aliphatic heterocycles. The van der Waals surface area contributed by atoms with Gasteiger partial charge < -0.3 is 10.6 Å². The summed E-state index contributed by atoms with van der Waals surface area (Å²) in [4.78, 5) is 11.6. The molecule has 5 heteroatoms. The molecule has 2 rings (SSSR count). The van der Waals surface area contributed by atoms with E-state index in [1.165, 1.54) is 9.75 Å². The fourth-order valence-corrected chi connectivity index (χ4v) is 3.11. The maximum atomic E-state index is 4.57. The number of hydrogen-bond donors (Lipinski definition) is 2. The van der Waals surface area contributed by atoms with Crippen LogP contribution in [-0.4, -0.2) is 22.6 Å². The summed E-state index contributed by atoms with van der Waals surface area (Å²) in [5.74, 6) is 1.62. The molecule has 0 radical (unpaired) electrons. The lowest BCUT2D eigenvalue weighted by molar-refractivity contribution is 0.791. The van der Waals surface area contributed by atoms with Crippen molar-refractivity contribution in [1.29, 1.82) is 0 Å². The highest BCUT2D eigenvalue weighted by Crippen LogP contribution is 2.19. The summed E-state index contributed by atoms with van der Waals surface area (Å²) in [6.07, 6.45) is 3.95. The molecule has 0 amide bonds. The van der Waals surface area contributed by atoms with Gasteiger partial charge in [-0.05, 0) is 39.3 Å². The van der Waals surface area contributed by atoms with Gasteiger partial charge in [-0.2, -0.15) is 4.98 Å². The molecular formula is C16H24N4S. The normalized spacial score (nSPS) is 12.2. The average molecular weight is 304 g/mol. The average Bonchev–Trinajstić information content (AvgIpc) is 2.84. The lowest BCUT2D eigenvalue weighted by Gasteiger charge is -2.16. The fraction of sp³-hybridized carbons (Fsp3) is 0.500. The first kappa shape index (κ1) is 15.8. The number of thiophene rings is 1. The third-order valence-electron chi connectivity index (χ3n) is 3.19. The Balaban J connectivity index is 2.00. The zero-order valence-electron chi connectivity index (χ0n) is 13.2. The van der Waals surface area contributed by atoms with Crippen LogP contribution in [0.3, 0.4) is 0 Å². The van der Waals surface area contributed by atoms with Gasteiger partial charge in [-0.3, -0.25) is 0 Å². The van der Waals surface area contributed by atoms with Crippen molar-refractivity contribution in [1.82, 2.24) is 9.97 Å². The first-order valence-electron chi connectivity index (χ1n) is 7.48. The predicted molar refractivity (Wildman–Crippen MR) is 91.4 cm³/mol. The van der Waals surface area contributed by atoms with Crippen molar-refractivity contribution in [3.05, 3.63) is 33.6 Å². The van der Waals surface area contributed by atoms with Gasteiger partial charge >= 0.3 is 0 Å². The molecule has 21 heavy (non-hydrogen) atoms. The highest BCUT2D eigenvalue weighted by Gasteiger charge is 2.09. The SMILES string of the molecule is CCCNc1ncc(C)c(NC(C)Cc2ccc(C)s2)n1. The highest BCUT2D eigenvalue weighted by atomic mass is 32.1. The number of aryl methyl sites for hydroxylation is 2. The van der Waals surface area contributed by atoms with Gasteiger partial charge in [-0.25, -0.2) is 4.98 Å². The molecular weight excluding hydrogens is 280 g/mol. The minimum absolute atomic E-state index is 0.343. The lowest BCUT2D eigenvalue weighted by Crippen LogP contribution is -2.20. The number of hydrogen-bond acceptors (Lipinski definition) is 5. The van der Waals surface area contributed by atoms with Crippen molar-refractivity contribution in [2.75, 3.05) is 17.2 Å². The zero-order chi connectivity index (χ0) is 15.2. The zero-order valence-corrected chi connectivity index (χ0v) is 14.0. The minimum atomic E-state index is 0.343. The number of aromatic nitrogens is 2. The van der Waals surface area contributed by atoms with Crippen molar-refractivity contribution >= 4 is 23.1 Å². The van der Waals surface area contributed by atoms with Crippen LogP contribution < -0.4 is 10.6 Å². The molecule has 0 aliphatic carbocycles. The van der Waals surface area contributed by atoms with Crippen LogP contribution in [0.1, 0.15) is 35.6 Å². The van der Waals surface area contributed by atoms with Gasteiger partial charge in [0.2, 0.25) is 5.95 Å². The van der Waals surface area contributed by atoms with E-state index in [1.54, 1.807) is 0 Å². The van der Waals surface area contributed by atoms with Crippen molar-refractivity contribution in [3.63, 3.8) is 0 Å². The topological polar surface area (TPSA) is 49.8 Å². The summed E-state index contributed by atoms with van der Waals surface area (Å²) in [5.41, 5.74) is 1.08. The van der Waals surface area contributed by atoms with E-state index in [0.717, 1.165) is 30.8 Å². The molecule has 0 fully saturated rings. The second kappa shape index (κ2) is 7.41. The van der Waals surface area contributed by atoms with Crippen molar-refractivity contribution in [3.8, 4) is 0 Å². The van der Waals surface area contributed by atoms with Crippen LogP contribution in [0.4, 0.5) is 11.8 Å². The molecule has 114 valence electrons. The molecule has 0 saturated heterocycles. The molecule has 0 aliphatic rings. The predicted octanol–water partition coefficient (Wildman–Crippen LogP) is 4.02. The Labute approximate surface area is 131 Å². The molecule has 2 aromatic heterocycles. The van der Waals surface area contributed by atoms with Crippen LogP contribution in [0.5, 0.6) is 0 Å². The van der Waals surface area contributed by atoms with Crippen LogP contribution in [0.2, 0.25) is 0 Å². The molecule has 4 nitrogen and oxygen atoms in total. The summed E-state index contributed by atoms with van der Waals surface area (Å²) in [5, 5.41) is 6.73. The summed E-state index contributed by atoms with van der Waals surface area (Å²) < 4.78 is 0. The highest BCUT2D eigenvalue weighted by molar-refractivity contribution is 7.11. The minimum Gasteiger partial charge on any atom is -0.367 e.